The van der Waals surface area contributed by atoms with Crippen LogP contribution in [0.5, 0.6) is 0 Å². The lowest BCUT2D eigenvalue weighted by atomic mass is 9.82. The molecule has 2 aliphatic rings. The molecule has 2 saturated heterocycles. The highest BCUT2D eigenvalue weighted by atomic mass is 16.5. The van der Waals surface area contributed by atoms with E-state index < -0.39 is 0 Å². The van der Waals surface area contributed by atoms with Gasteiger partial charge in [0.2, 0.25) is 0 Å². The maximum Gasteiger partial charge on any atom is 0.274 e. The predicted octanol–water partition coefficient (Wildman–Crippen LogP) is 1.38. The molecule has 0 saturated carbocycles. The van der Waals surface area contributed by atoms with Crippen LogP contribution in [0.4, 0.5) is 0 Å². The first-order valence-electron chi connectivity index (χ1n) is 7.93. The topological polar surface area (TPSA) is 56.1 Å². The second-order valence-corrected chi connectivity index (χ2v) is 6.74. The minimum Gasteiger partial charge on any atom is -0.384 e. The number of methoxy groups -OCH3 is 1. The molecule has 0 unspecified atom stereocenters. The van der Waals surface area contributed by atoms with E-state index in [4.69, 9.17) is 9.47 Å². The first-order valence-corrected chi connectivity index (χ1v) is 7.93. The molecule has 2 fully saturated rings. The number of nitrogens with zero attached hydrogens (tertiary/aromatic N) is 3. The molecule has 4 heterocycles. The van der Waals surface area contributed by atoms with E-state index in [1.54, 1.807) is 7.11 Å². The number of imidazole rings is 1. The Bertz CT molecular complexity index is 757. The Balaban J connectivity index is 1.61. The second kappa shape index (κ2) is 5.32. The highest BCUT2D eigenvalue weighted by molar-refractivity contribution is 5.93. The van der Waals surface area contributed by atoms with Crippen molar-refractivity contribution in [1.29, 1.82) is 0 Å². The molecule has 2 atom stereocenters. The van der Waals surface area contributed by atoms with Gasteiger partial charge in [-0.1, -0.05) is 6.07 Å². The summed E-state index contributed by atoms with van der Waals surface area (Å²) in [5.41, 5.74) is 2.35. The maximum absolute atomic E-state index is 12.9. The summed E-state index contributed by atoms with van der Waals surface area (Å²) in [6.45, 7) is 5.40. The monoisotopic (exact) mass is 315 g/mol. The lowest BCUT2D eigenvalue weighted by Crippen LogP contribution is -2.37. The largest absolute Gasteiger partial charge is 0.384 e. The molecule has 2 aromatic rings. The van der Waals surface area contributed by atoms with Crippen LogP contribution in [0.2, 0.25) is 0 Å². The van der Waals surface area contributed by atoms with Crippen LogP contribution in [0.1, 0.15) is 16.1 Å². The Morgan fingerprint density at radius 1 is 1.57 bits per heavy atom. The first kappa shape index (κ1) is 14.7. The third kappa shape index (κ3) is 2.24. The number of hydrogen-bond donors (Lipinski definition) is 0. The van der Waals surface area contributed by atoms with Crippen molar-refractivity contribution in [2.45, 2.75) is 6.92 Å². The van der Waals surface area contributed by atoms with E-state index in [1.165, 1.54) is 0 Å². The molecule has 0 spiro atoms. The number of pyridine rings is 1. The van der Waals surface area contributed by atoms with Gasteiger partial charge in [0.25, 0.3) is 5.91 Å². The van der Waals surface area contributed by atoms with E-state index >= 15 is 0 Å². The van der Waals surface area contributed by atoms with Gasteiger partial charge < -0.3 is 18.8 Å². The van der Waals surface area contributed by atoms with E-state index in [0.717, 1.165) is 17.8 Å². The smallest absolute Gasteiger partial charge is 0.274 e. The lowest BCUT2D eigenvalue weighted by Gasteiger charge is -2.25. The fourth-order valence-corrected chi connectivity index (χ4v) is 3.90. The molecule has 0 N–H and O–H groups in total. The van der Waals surface area contributed by atoms with Gasteiger partial charge in [-0.2, -0.15) is 0 Å². The fourth-order valence-electron chi connectivity index (χ4n) is 3.90. The number of rotatable bonds is 3. The number of ether oxygens (including phenoxy) is 2. The summed E-state index contributed by atoms with van der Waals surface area (Å²) in [5, 5.41) is 0. The molecule has 6 nitrogen and oxygen atoms in total. The minimum atomic E-state index is -0.0561. The first-order chi connectivity index (χ1) is 11.1. The van der Waals surface area contributed by atoms with E-state index in [9.17, 15) is 4.79 Å². The number of carbonyl (C=O) groups excluding carboxylic acids is 1. The summed E-state index contributed by atoms with van der Waals surface area (Å²) in [5.74, 6) is 0.350. The molecule has 1 amide bonds. The third-order valence-electron chi connectivity index (χ3n) is 5.14. The minimum absolute atomic E-state index is 0.00187. The molecular weight excluding hydrogens is 294 g/mol. The van der Waals surface area contributed by atoms with Gasteiger partial charge in [-0.25, -0.2) is 4.98 Å². The number of hydrogen-bond acceptors (Lipinski definition) is 4. The Labute approximate surface area is 135 Å². The van der Waals surface area contributed by atoms with Crippen molar-refractivity contribution in [2.75, 3.05) is 40.0 Å². The predicted molar refractivity (Wildman–Crippen MR) is 84.5 cm³/mol. The van der Waals surface area contributed by atoms with E-state index in [1.807, 2.05) is 40.8 Å². The van der Waals surface area contributed by atoms with Crippen LogP contribution < -0.4 is 0 Å². The molecule has 2 aromatic heterocycles. The highest BCUT2D eigenvalue weighted by Crippen LogP contribution is 2.41. The third-order valence-corrected chi connectivity index (χ3v) is 5.14. The standard InChI is InChI=1S/C17H21N3O3/c1-12-4-3-5-19-7-14(18-15(12)19)16(21)20-6-13-8-23-11-17(13,9-20)10-22-2/h3-5,7,13H,6,8-11H2,1-2H3/t13-,17-/m0/s1. The Morgan fingerprint density at radius 2 is 2.43 bits per heavy atom. The molecule has 0 aliphatic carbocycles. The number of likely N-dealkylation sites (tertiary alicyclic amines) is 1. The van der Waals surface area contributed by atoms with Gasteiger partial charge in [0.05, 0.1) is 19.8 Å². The zero-order valence-electron chi connectivity index (χ0n) is 13.5. The quantitative estimate of drug-likeness (QED) is 0.858. The van der Waals surface area contributed by atoms with Gasteiger partial charge in [-0.3, -0.25) is 4.79 Å². The van der Waals surface area contributed by atoms with Crippen LogP contribution in [-0.2, 0) is 9.47 Å². The zero-order chi connectivity index (χ0) is 16.0. The van der Waals surface area contributed by atoms with Crippen LogP contribution in [0.25, 0.3) is 5.65 Å². The van der Waals surface area contributed by atoms with Crippen LogP contribution >= 0.6 is 0 Å². The molecule has 122 valence electrons. The maximum atomic E-state index is 12.9. The number of amides is 1. The Kier molecular flexibility index (Phi) is 3.39. The average molecular weight is 315 g/mol. The summed E-state index contributed by atoms with van der Waals surface area (Å²) in [4.78, 5) is 19.3. The van der Waals surface area contributed by atoms with Gasteiger partial charge in [0, 0.05) is 43.9 Å². The van der Waals surface area contributed by atoms with Crippen molar-refractivity contribution in [3.63, 3.8) is 0 Å². The Hall–Kier alpha value is -1.92. The van der Waals surface area contributed by atoms with E-state index in [2.05, 4.69) is 4.98 Å². The molecular formula is C17H21N3O3. The number of aryl methyl sites for hydroxylation is 1. The summed E-state index contributed by atoms with van der Waals surface area (Å²) in [6, 6.07) is 3.96. The van der Waals surface area contributed by atoms with E-state index in [0.29, 0.717) is 38.0 Å². The number of aromatic nitrogens is 2. The molecule has 0 bridgehead atoms. The molecule has 23 heavy (non-hydrogen) atoms. The molecule has 0 radical (unpaired) electrons. The summed E-state index contributed by atoms with van der Waals surface area (Å²) >= 11 is 0. The zero-order valence-corrected chi connectivity index (χ0v) is 13.5. The van der Waals surface area contributed by atoms with Crippen molar-refractivity contribution >= 4 is 11.6 Å². The van der Waals surface area contributed by atoms with Crippen LogP contribution in [0.15, 0.2) is 24.5 Å². The van der Waals surface area contributed by atoms with Crippen molar-refractivity contribution in [3.05, 3.63) is 35.8 Å². The molecule has 2 aliphatic heterocycles. The average Bonchev–Trinajstić information content (AvgIpc) is 3.18. The fraction of sp³-hybridized carbons (Fsp3) is 0.529. The second-order valence-electron chi connectivity index (χ2n) is 6.74. The highest BCUT2D eigenvalue weighted by Gasteiger charge is 2.52. The van der Waals surface area contributed by atoms with Crippen molar-refractivity contribution in [2.24, 2.45) is 11.3 Å². The summed E-state index contributed by atoms with van der Waals surface area (Å²) in [7, 11) is 1.71. The van der Waals surface area contributed by atoms with Crippen molar-refractivity contribution in [3.8, 4) is 0 Å². The molecule has 4 rings (SSSR count). The van der Waals surface area contributed by atoms with Gasteiger partial charge >= 0.3 is 0 Å². The SMILES string of the molecule is COC[C@@]12COC[C@@H]1CN(C(=O)c1cn3cccc(C)c3n1)C2. The molecule has 6 heteroatoms. The van der Waals surface area contributed by atoms with Gasteiger partial charge in [-0.15, -0.1) is 0 Å². The Morgan fingerprint density at radius 3 is 3.22 bits per heavy atom. The molecule has 0 aromatic carbocycles. The van der Waals surface area contributed by atoms with Crippen LogP contribution in [0, 0.1) is 18.3 Å². The normalized spacial score (nSPS) is 26.9. The van der Waals surface area contributed by atoms with Gasteiger partial charge in [-0.05, 0) is 18.6 Å². The van der Waals surface area contributed by atoms with Crippen molar-refractivity contribution < 1.29 is 14.3 Å². The summed E-state index contributed by atoms with van der Waals surface area (Å²) in [6.07, 6.45) is 3.74. The van der Waals surface area contributed by atoms with Crippen LogP contribution in [-0.4, -0.2) is 60.2 Å². The lowest BCUT2D eigenvalue weighted by molar-refractivity contribution is 0.0487. The number of carbonyl (C=O) groups is 1. The van der Waals surface area contributed by atoms with Crippen molar-refractivity contribution in [1.82, 2.24) is 14.3 Å². The van der Waals surface area contributed by atoms with Crippen LogP contribution in [0.3, 0.4) is 0 Å². The summed E-state index contributed by atoms with van der Waals surface area (Å²) < 4.78 is 12.9. The van der Waals surface area contributed by atoms with E-state index in [-0.39, 0.29) is 11.3 Å². The van der Waals surface area contributed by atoms with Gasteiger partial charge in [0.15, 0.2) is 0 Å². The van der Waals surface area contributed by atoms with Gasteiger partial charge in [0.1, 0.15) is 11.3 Å². The number of fused-ring (bicyclic) bond motifs is 2.